The maximum Gasteiger partial charge on any atom is 0.0992 e. The van der Waals surface area contributed by atoms with Gasteiger partial charge in [-0.15, -0.1) is 0 Å². The highest BCUT2D eigenvalue weighted by Crippen LogP contribution is 2.28. The zero-order chi connectivity index (χ0) is 11.1. The second-order valence-corrected chi connectivity index (χ2v) is 4.72. The van der Waals surface area contributed by atoms with Crippen LogP contribution in [0.3, 0.4) is 0 Å². The summed E-state index contributed by atoms with van der Waals surface area (Å²) in [5.74, 6) is 0.541. The van der Waals surface area contributed by atoms with Gasteiger partial charge < -0.3 is 4.74 Å². The average molecular weight is 216 g/mol. The van der Waals surface area contributed by atoms with Gasteiger partial charge in [-0.2, -0.15) is 5.10 Å². The van der Waals surface area contributed by atoms with E-state index < -0.39 is 0 Å². The Labute approximate surface area is 95.0 Å². The number of fused-ring (bicyclic) bond motifs is 1. The first-order valence-corrected chi connectivity index (χ1v) is 5.81. The van der Waals surface area contributed by atoms with Crippen molar-refractivity contribution in [2.45, 2.75) is 25.8 Å². The number of nitrogens with zero attached hydrogens (tertiary/aromatic N) is 2. The molecule has 0 bridgehead atoms. The molecule has 84 valence electrons. The summed E-state index contributed by atoms with van der Waals surface area (Å²) in [6.07, 6.45) is 1.99. The number of aromatic nitrogens is 2. The number of benzene rings is 1. The van der Waals surface area contributed by atoms with Crippen LogP contribution in [0.25, 0.3) is 10.9 Å². The first-order chi connectivity index (χ1) is 7.77. The van der Waals surface area contributed by atoms with E-state index in [0.29, 0.717) is 12.0 Å². The lowest BCUT2D eigenvalue weighted by molar-refractivity contribution is -0.0266. The minimum absolute atomic E-state index is 0.430. The van der Waals surface area contributed by atoms with Crippen LogP contribution in [0, 0.1) is 0 Å². The van der Waals surface area contributed by atoms with E-state index in [0.717, 1.165) is 13.2 Å². The summed E-state index contributed by atoms with van der Waals surface area (Å²) in [5.41, 5.74) is 2.61. The molecule has 1 aliphatic rings. The fourth-order valence-corrected chi connectivity index (χ4v) is 2.25. The largest absolute Gasteiger partial charge is 0.377 e. The third-order valence-electron chi connectivity index (χ3n) is 3.26. The average Bonchev–Trinajstić information content (AvgIpc) is 2.59. The van der Waals surface area contributed by atoms with Crippen molar-refractivity contribution in [3.63, 3.8) is 0 Å². The quantitative estimate of drug-likeness (QED) is 0.771. The molecule has 3 nitrogen and oxygen atoms in total. The molecule has 1 aromatic heterocycles. The molecular weight excluding hydrogens is 200 g/mol. The SMILES string of the molecule is CC(C)c1cccc2c1cnn2C1COC1. The Morgan fingerprint density at radius 3 is 2.81 bits per heavy atom. The fraction of sp³-hybridized carbons (Fsp3) is 0.462. The molecule has 2 aromatic rings. The van der Waals surface area contributed by atoms with E-state index in [4.69, 9.17) is 4.74 Å². The summed E-state index contributed by atoms with van der Waals surface area (Å²) in [4.78, 5) is 0. The third-order valence-corrected chi connectivity index (χ3v) is 3.26. The molecule has 0 amide bonds. The third kappa shape index (κ3) is 1.35. The van der Waals surface area contributed by atoms with Gasteiger partial charge in [0.1, 0.15) is 0 Å². The molecule has 0 saturated carbocycles. The summed E-state index contributed by atoms with van der Waals surface area (Å²) in [7, 11) is 0. The highest BCUT2D eigenvalue weighted by molar-refractivity contribution is 5.82. The second-order valence-electron chi connectivity index (χ2n) is 4.72. The first-order valence-electron chi connectivity index (χ1n) is 5.81. The molecule has 0 unspecified atom stereocenters. The van der Waals surface area contributed by atoms with Crippen molar-refractivity contribution < 1.29 is 4.74 Å². The summed E-state index contributed by atoms with van der Waals surface area (Å²) in [6, 6.07) is 6.89. The van der Waals surface area contributed by atoms with Crippen LogP contribution in [0.4, 0.5) is 0 Å². The molecule has 1 aliphatic heterocycles. The molecule has 0 atom stereocenters. The van der Waals surface area contributed by atoms with Gasteiger partial charge in [0.25, 0.3) is 0 Å². The summed E-state index contributed by atoms with van der Waals surface area (Å²) in [6.45, 7) is 6.03. The van der Waals surface area contributed by atoms with Gasteiger partial charge in [-0.1, -0.05) is 26.0 Å². The molecule has 0 radical (unpaired) electrons. The van der Waals surface area contributed by atoms with Gasteiger partial charge >= 0.3 is 0 Å². The minimum atomic E-state index is 0.430. The van der Waals surface area contributed by atoms with E-state index in [1.54, 1.807) is 0 Å². The minimum Gasteiger partial charge on any atom is -0.377 e. The molecule has 0 aliphatic carbocycles. The van der Waals surface area contributed by atoms with Crippen LogP contribution < -0.4 is 0 Å². The van der Waals surface area contributed by atoms with E-state index in [2.05, 4.69) is 41.8 Å². The molecule has 1 fully saturated rings. The fourth-order valence-electron chi connectivity index (χ4n) is 2.25. The molecule has 3 rings (SSSR count). The maximum absolute atomic E-state index is 5.22. The smallest absolute Gasteiger partial charge is 0.0992 e. The Hall–Kier alpha value is -1.35. The van der Waals surface area contributed by atoms with Gasteiger partial charge in [0, 0.05) is 5.39 Å². The Morgan fingerprint density at radius 2 is 2.19 bits per heavy atom. The standard InChI is InChI=1S/C13H16N2O/c1-9(2)11-4-3-5-13-12(11)6-14-15(13)10-7-16-8-10/h3-6,9-10H,7-8H2,1-2H3. The van der Waals surface area contributed by atoms with Crippen molar-refractivity contribution in [1.82, 2.24) is 9.78 Å². The van der Waals surface area contributed by atoms with Gasteiger partial charge in [0.2, 0.25) is 0 Å². The van der Waals surface area contributed by atoms with Gasteiger partial charge in [0.15, 0.2) is 0 Å². The van der Waals surface area contributed by atoms with Gasteiger partial charge in [0.05, 0.1) is 31.0 Å². The van der Waals surface area contributed by atoms with E-state index in [-0.39, 0.29) is 0 Å². The van der Waals surface area contributed by atoms with Crippen molar-refractivity contribution in [2.75, 3.05) is 13.2 Å². The number of rotatable bonds is 2. The first kappa shape index (κ1) is 9.85. The Bertz CT molecular complexity index is 512. The monoisotopic (exact) mass is 216 g/mol. The molecule has 0 spiro atoms. The van der Waals surface area contributed by atoms with Gasteiger partial charge in [-0.3, -0.25) is 4.68 Å². The highest BCUT2D eigenvalue weighted by atomic mass is 16.5. The van der Waals surface area contributed by atoms with Crippen LogP contribution >= 0.6 is 0 Å². The van der Waals surface area contributed by atoms with Crippen LogP contribution in [0.2, 0.25) is 0 Å². The van der Waals surface area contributed by atoms with E-state index in [9.17, 15) is 0 Å². The van der Waals surface area contributed by atoms with Crippen molar-refractivity contribution >= 4 is 10.9 Å². The summed E-state index contributed by atoms with van der Waals surface area (Å²) in [5, 5.41) is 5.78. The van der Waals surface area contributed by atoms with E-state index >= 15 is 0 Å². The van der Waals surface area contributed by atoms with Gasteiger partial charge in [-0.25, -0.2) is 0 Å². The molecular formula is C13H16N2O. The molecule has 3 heteroatoms. The summed E-state index contributed by atoms with van der Waals surface area (Å²) < 4.78 is 7.33. The summed E-state index contributed by atoms with van der Waals surface area (Å²) >= 11 is 0. The van der Waals surface area contributed by atoms with Crippen LogP contribution in [0.1, 0.15) is 31.4 Å². The van der Waals surface area contributed by atoms with Crippen LogP contribution in [0.15, 0.2) is 24.4 Å². The molecule has 1 aromatic carbocycles. The molecule has 16 heavy (non-hydrogen) atoms. The van der Waals surface area contributed by atoms with Crippen molar-refractivity contribution in [1.29, 1.82) is 0 Å². The van der Waals surface area contributed by atoms with Crippen molar-refractivity contribution in [3.05, 3.63) is 30.0 Å². The zero-order valence-electron chi connectivity index (χ0n) is 9.68. The molecule has 1 saturated heterocycles. The van der Waals surface area contributed by atoms with Crippen LogP contribution in [-0.4, -0.2) is 23.0 Å². The van der Waals surface area contributed by atoms with Crippen molar-refractivity contribution in [2.24, 2.45) is 0 Å². The highest BCUT2D eigenvalue weighted by Gasteiger charge is 2.23. The topological polar surface area (TPSA) is 27.1 Å². The lowest BCUT2D eigenvalue weighted by Crippen LogP contribution is -2.31. The number of ether oxygens (including phenoxy) is 1. The lowest BCUT2D eigenvalue weighted by atomic mass is 9.99. The Morgan fingerprint density at radius 1 is 1.38 bits per heavy atom. The number of hydrogen-bond acceptors (Lipinski definition) is 2. The lowest BCUT2D eigenvalue weighted by Gasteiger charge is -2.26. The predicted molar refractivity (Wildman–Crippen MR) is 63.7 cm³/mol. The maximum atomic E-state index is 5.22. The van der Waals surface area contributed by atoms with Gasteiger partial charge in [-0.05, 0) is 17.5 Å². The van der Waals surface area contributed by atoms with Crippen molar-refractivity contribution in [3.8, 4) is 0 Å². The second kappa shape index (κ2) is 3.59. The Kier molecular flexibility index (Phi) is 2.21. The normalized spacial score (nSPS) is 16.9. The number of hydrogen-bond donors (Lipinski definition) is 0. The van der Waals surface area contributed by atoms with E-state index in [1.165, 1.54) is 16.5 Å². The molecule has 2 heterocycles. The van der Waals surface area contributed by atoms with Crippen LogP contribution in [0.5, 0.6) is 0 Å². The van der Waals surface area contributed by atoms with E-state index in [1.807, 2.05) is 6.20 Å². The predicted octanol–water partition coefficient (Wildman–Crippen LogP) is 2.73. The molecule has 0 N–H and O–H groups in total. The Balaban J connectivity index is 2.16. The zero-order valence-corrected chi connectivity index (χ0v) is 9.68. The van der Waals surface area contributed by atoms with Crippen LogP contribution in [-0.2, 0) is 4.74 Å².